The number of hydrogen-bond donors (Lipinski definition) is 2. The lowest BCUT2D eigenvalue weighted by Gasteiger charge is -2.08. The molecule has 4 rings (SSSR count). The molecule has 1 aromatic heterocycles. The van der Waals surface area contributed by atoms with Gasteiger partial charge in [-0.05, 0) is 54.4 Å². The van der Waals surface area contributed by atoms with Gasteiger partial charge in [0.15, 0.2) is 0 Å². The van der Waals surface area contributed by atoms with Crippen LogP contribution in [0.3, 0.4) is 0 Å². The Balaban J connectivity index is 1.59. The summed E-state index contributed by atoms with van der Waals surface area (Å²) < 4.78 is 10.9. The van der Waals surface area contributed by atoms with Crippen molar-refractivity contribution in [2.24, 2.45) is 0 Å². The second-order valence-corrected chi connectivity index (χ2v) is 7.20. The monoisotopic (exact) mass is 414 g/mol. The Morgan fingerprint density at radius 2 is 1.71 bits per heavy atom. The minimum atomic E-state index is -0.429. The number of methoxy groups -OCH3 is 1. The Kier molecular flexibility index (Phi) is 5.71. The molecule has 0 spiro atoms. The van der Waals surface area contributed by atoms with E-state index in [0.29, 0.717) is 22.3 Å². The third-order valence-electron chi connectivity index (χ3n) is 4.87. The summed E-state index contributed by atoms with van der Waals surface area (Å²) in [6.07, 6.45) is 0.155. The van der Waals surface area contributed by atoms with Crippen molar-refractivity contribution >= 4 is 34.2 Å². The zero-order valence-electron chi connectivity index (χ0n) is 17.3. The maximum Gasteiger partial charge on any atom is 0.293 e. The summed E-state index contributed by atoms with van der Waals surface area (Å²) in [5.41, 5.74) is 3.39. The first-order valence-electron chi connectivity index (χ1n) is 9.86. The molecule has 6 heteroatoms. The molecule has 4 aromatic rings. The van der Waals surface area contributed by atoms with Gasteiger partial charge in [-0.2, -0.15) is 0 Å². The van der Waals surface area contributed by atoms with Crippen LogP contribution >= 0.6 is 0 Å². The number of aryl methyl sites for hydroxylation is 1. The zero-order valence-corrected chi connectivity index (χ0v) is 17.3. The van der Waals surface area contributed by atoms with Crippen LogP contribution in [0.1, 0.15) is 21.7 Å². The average molecular weight is 414 g/mol. The van der Waals surface area contributed by atoms with Crippen molar-refractivity contribution in [3.05, 3.63) is 89.7 Å². The second-order valence-electron chi connectivity index (χ2n) is 7.20. The lowest BCUT2D eigenvalue weighted by Crippen LogP contribution is -2.18. The molecule has 0 atom stereocenters. The van der Waals surface area contributed by atoms with Gasteiger partial charge in [0, 0.05) is 11.1 Å². The summed E-state index contributed by atoms with van der Waals surface area (Å²) in [5, 5.41) is 6.37. The first-order valence-corrected chi connectivity index (χ1v) is 9.86. The first kappa shape index (κ1) is 20.2. The maximum atomic E-state index is 13.0. The van der Waals surface area contributed by atoms with Gasteiger partial charge in [-0.3, -0.25) is 9.59 Å². The van der Waals surface area contributed by atoms with Crippen molar-refractivity contribution in [2.75, 3.05) is 17.7 Å². The number of carbonyl (C=O) groups excluding carboxylic acids is 2. The van der Waals surface area contributed by atoms with Gasteiger partial charge in [-0.15, -0.1) is 0 Å². The first-order chi connectivity index (χ1) is 15.0. The fraction of sp³-hybridized carbons (Fsp3) is 0.120. The number of nitrogens with one attached hydrogen (secondary N) is 2. The van der Waals surface area contributed by atoms with Crippen LogP contribution in [-0.2, 0) is 11.2 Å². The maximum absolute atomic E-state index is 13.0. The molecule has 0 aliphatic carbocycles. The highest BCUT2D eigenvalue weighted by atomic mass is 16.5. The van der Waals surface area contributed by atoms with E-state index >= 15 is 0 Å². The molecule has 0 saturated carbocycles. The lowest BCUT2D eigenvalue weighted by molar-refractivity contribution is -0.115. The van der Waals surface area contributed by atoms with Crippen molar-refractivity contribution < 1.29 is 18.7 Å². The Hall–Kier alpha value is -4.06. The van der Waals surface area contributed by atoms with Gasteiger partial charge in [-0.25, -0.2) is 0 Å². The van der Waals surface area contributed by atoms with Crippen LogP contribution in [0.15, 0.2) is 77.2 Å². The van der Waals surface area contributed by atoms with Crippen molar-refractivity contribution in [1.82, 2.24) is 0 Å². The van der Waals surface area contributed by atoms with Crippen LogP contribution < -0.4 is 15.4 Å². The SMILES string of the molecule is COc1ccc(CC(=O)Nc2c(C(=O)Nc3cccc(C)c3)oc3ccccc23)cc1. The lowest BCUT2D eigenvalue weighted by atomic mass is 10.1. The molecule has 0 radical (unpaired) electrons. The molecule has 3 aromatic carbocycles. The molecule has 156 valence electrons. The number of ether oxygens (including phenoxy) is 1. The van der Waals surface area contributed by atoms with Crippen molar-refractivity contribution in [3.8, 4) is 5.75 Å². The molecule has 0 fully saturated rings. The normalized spacial score (nSPS) is 10.6. The van der Waals surface area contributed by atoms with Crippen LogP contribution in [0, 0.1) is 6.92 Å². The summed E-state index contributed by atoms with van der Waals surface area (Å²) >= 11 is 0. The van der Waals surface area contributed by atoms with Crippen molar-refractivity contribution in [3.63, 3.8) is 0 Å². The van der Waals surface area contributed by atoms with Crippen LogP contribution in [0.2, 0.25) is 0 Å². The topological polar surface area (TPSA) is 80.6 Å². The zero-order chi connectivity index (χ0) is 21.8. The van der Waals surface area contributed by atoms with E-state index in [4.69, 9.17) is 9.15 Å². The average Bonchev–Trinajstić information content (AvgIpc) is 3.13. The highest BCUT2D eigenvalue weighted by Crippen LogP contribution is 2.31. The molecular weight excluding hydrogens is 392 g/mol. The van der Waals surface area contributed by atoms with Gasteiger partial charge in [0.05, 0.1) is 13.5 Å². The van der Waals surface area contributed by atoms with Crippen molar-refractivity contribution in [2.45, 2.75) is 13.3 Å². The van der Waals surface area contributed by atoms with Gasteiger partial charge in [-0.1, -0.05) is 36.4 Å². The standard InChI is InChI=1S/C25H22N2O4/c1-16-6-5-7-18(14-16)26-25(29)24-23(20-8-3-4-9-21(20)31-24)27-22(28)15-17-10-12-19(30-2)13-11-17/h3-14H,15H2,1-2H3,(H,26,29)(H,27,28). The number of rotatable bonds is 6. The van der Waals surface area contributed by atoms with Crippen LogP contribution in [-0.4, -0.2) is 18.9 Å². The summed E-state index contributed by atoms with van der Waals surface area (Å²) in [6, 6.07) is 22.0. The Labute approximate surface area is 179 Å². The largest absolute Gasteiger partial charge is 0.497 e. The quantitative estimate of drug-likeness (QED) is 0.455. The molecule has 0 aliphatic heterocycles. The summed E-state index contributed by atoms with van der Waals surface area (Å²) in [5.74, 6) is 0.105. The molecule has 31 heavy (non-hydrogen) atoms. The Bertz CT molecular complexity index is 1240. The Morgan fingerprint density at radius 1 is 0.935 bits per heavy atom. The molecule has 2 amide bonds. The molecule has 2 N–H and O–H groups in total. The molecule has 0 aliphatic rings. The highest BCUT2D eigenvalue weighted by Gasteiger charge is 2.22. The van der Waals surface area contributed by atoms with E-state index < -0.39 is 5.91 Å². The number of para-hydroxylation sites is 1. The fourth-order valence-corrected chi connectivity index (χ4v) is 3.35. The second kappa shape index (κ2) is 8.75. The van der Waals surface area contributed by atoms with E-state index in [9.17, 15) is 9.59 Å². The fourth-order valence-electron chi connectivity index (χ4n) is 3.35. The third-order valence-corrected chi connectivity index (χ3v) is 4.87. The molecule has 1 heterocycles. The predicted octanol–water partition coefficient (Wildman–Crippen LogP) is 5.18. The van der Waals surface area contributed by atoms with E-state index in [1.165, 1.54) is 0 Å². The van der Waals surface area contributed by atoms with Gasteiger partial charge < -0.3 is 19.8 Å². The Morgan fingerprint density at radius 3 is 2.45 bits per heavy atom. The number of benzene rings is 3. The number of furan rings is 1. The van der Waals surface area contributed by atoms with E-state index in [2.05, 4.69) is 10.6 Å². The predicted molar refractivity (Wildman–Crippen MR) is 121 cm³/mol. The van der Waals surface area contributed by atoms with Gasteiger partial charge in [0.1, 0.15) is 17.0 Å². The van der Waals surface area contributed by atoms with Gasteiger partial charge >= 0.3 is 0 Å². The minimum Gasteiger partial charge on any atom is -0.497 e. The summed E-state index contributed by atoms with van der Waals surface area (Å²) in [7, 11) is 1.59. The van der Waals surface area contributed by atoms with E-state index in [-0.39, 0.29) is 18.1 Å². The van der Waals surface area contributed by atoms with Crippen LogP contribution in [0.4, 0.5) is 11.4 Å². The van der Waals surface area contributed by atoms with Crippen LogP contribution in [0.25, 0.3) is 11.0 Å². The van der Waals surface area contributed by atoms with Crippen molar-refractivity contribution in [1.29, 1.82) is 0 Å². The van der Waals surface area contributed by atoms with E-state index in [1.54, 1.807) is 31.4 Å². The molecule has 0 saturated heterocycles. The molecule has 0 bridgehead atoms. The number of hydrogen-bond acceptors (Lipinski definition) is 4. The van der Waals surface area contributed by atoms with Gasteiger partial charge in [0.25, 0.3) is 5.91 Å². The smallest absolute Gasteiger partial charge is 0.293 e. The number of carbonyl (C=O) groups is 2. The minimum absolute atomic E-state index is 0.0609. The third kappa shape index (κ3) is 4.59. The molecule has 0 unspecified atom stereocenters. The van der Waals surface area contributed by atoms with E-state index in [0.717, 1.165) is 16.9 Å². The number of anilines is 2. The van der Waals surface area contributed by atoms with Crippen LogP contribution in [0.5, 0.6) is 5.75 Å². The van der Waals surface area contributed by atoms with E-state index in [1.807, 2.05) is 55.5 Å². The number of fused-ring (bicyclic) bond motifs is 1. The molecule has 6 nitrogen and oxygen atoms in total. The molecular formula is C25H22N2O4. The van der Waals surface area contributed by atoms with Gasteiger partial charge in [0.2, 0.25) is 11.7 Å². The summed E-state index contributed by atoms with van der Waals surface area (Å²) in [6.45, 7) is 1.95. The number of amides is 2. The summed E-state index contributed by atoms with van der Waals surface area (Å²) in [4.78, 5) is 25.7. The highest BCUT2D eigenvalue weighted by molar-refractivity contribution is 6.14.